The fourth-order valence-electron chi connectivity index (χ4n) is 3.21. The average molecular weight is 401 g/mol. The molecule has 7 nitrogen and oxygen atoms in total. The topological polar surface area (TPSA) is 88.1 Å². The summed E-state index contributed by atoms with van der Waals surface area (Å²) in [5.41, 5.74) is 2.60. The Balaban J connectivity index is 2.01. The molecule has 1 aliphatic heterocycles. The van der Waals surface area contributed by atoms with Gasteiger partial charge in [-0.15, -0.1) is 0 Å². The van der Waals surface area contributed by atoms with Crippen molar-refractivity contribution in [1.82, 2.24) is 5.01 Å². The van der Waals surface area contributed by atoms with Crippen LogP contribution in [0.5, 0.6) is 5.75 Å². The zero-order valence-electron chi connectivity index (χ0n) is 16.0. The van der Waals surface area contributed by atoms with Crippen molar-refractivity contribution in [2.45, 2.75) is 26.3 Å². The van der Waals surface area contributed by atoms with E-state index in [9.17, 15) is 13.2 Å². The SMILES string of the molecule is CCS(=O)(=O)Nc1ccccc1C1=NN(C(C)=O)[C@H](c2ccccc2OC)C1. The largest absolute Gasteiger partial charge is 0.496 e. The maximum atomic E-state index is 12.2. The van der Waals surface area contributed by atoms with Crippen molar-refractivity contribution >= 4 is 27.3 Å². The van der Waals surface area contributed by atoms with E-state index >= 15 is 0 Å². The van der Waals surface area contributed by atoms with Gasteiger partial charge in [-0.3, -0.25) is 9.52 Å². The molecule has 0 fully saturated rings. The van der Waals surface area contributed by atoms with Crippen molar-refractivity contribution in [2.24, 2.45) is 5.10 Å². The van der Waals surface area contributed by atoms with Gasteiger partial charge in [0.05, 0.1) is 30.3 Å². The predicted molar refractivity (Wildman–Crippen MR) is 109 cm³/mol. The van der Waals surface area contributed by atoms with E-state index in [2.05, 4.69) is 9.82 Å². The van der Waals surface area contributed by atoms with E-state index in [1.165, 1.54) is 11.9 Å². The van der Waals surface area contributed by atoms with E-state index in [1.54, 1.807) is 32.2 Å². The van der Waals surface area contributed by atoms with Gasteiger partial charge in [0.2, 0.25) is 15.9 Å². The highest BCUT2D eigenvalue weighted by molar-refractivity contribution is 7.92. The lowest BCUT2D eigenvalue weighted by Crippen LogP contribution is -2.24. The van der Waals surface area contributed by atoms with Gasteiger partial charge in [0.1, 0.15) is 5.75 Å². The average Bonchev–Trinajstić information content (AvgIpc) is 3.13. The predicted octanol–water partition coefficient (Wildman–Crippen LogP) is 3.15. The van der Waals surface area contributed by atoms with Crippen LogP contribution in [0, 0.1) is 0 Å². The first-order valence-electron chi connectivity index (χ1n) is 8.96. The fraction of sp³-hybridized carbons (Fsp3) is 0.300. The quantitative estimate of drug-likeness (QED) is 0.805. The number of ether oxygens (including phenoxy) is 1. The van der Waals surface area contributed by atoms with Crippen molar-refractivity contribution in [1.29, 1.82) is 0 Å². The minimum atomic E-state index is -3.44. The van der Waals surface area contributed by atoms with Crippen LogP contribution in [0.1, 0.15) is 37.4 Å². The first-order valence-corrected chi connectivity index (χ1v) is 10.6. The number of carbonyl (C=O) groups excluding carboxylic acids is 1. The van der Waals surface area contributed by atoms with E-state index < -0.39 is 10.0 Å². The number of anilines is 1. The molecule has 0 radical (unpaired) electrons. The normalized spacial score (nSPS) is 16.6. The van der Waals surface area contributed by atoms with Gasteiger partial charge >= 0.3 is 0 Å². The molecular weight excluding hydrogens is 378 g/mol. The van der Waals surface area contributed by atoms with E-state index in [0.29, 0.717) is 29.1 Å². The van der Waals surface area contributed by atoms with Crippen LogP contribution in [0.2, 0.25) is 0 Å². The molecule has 1 heterocycles. The molecule has 2 aromatic carbocycles. The lowest BCUT2D eigenvalue weighted by molar-refractivity contribution is -0.130. The molecule has 0 saturated heterocycles. The molecule has 0 spiro atoms. The van der Waals surface area contributed by atoms with E-state index in [-0.39, 0.29) is 17.7 Å². The Morgan fingerprint density at radius 1 is 1.21 bits per heavy atom. The minimum absolute atomic E-state index is 0.0305. The van der Waals surface area contributed by atoms with Crippen molar-refractivity contribution in [3.05, 3.63) is 59.7 Å². The second kappa shape index (κ2) is 8.02. The Labute approximate surface area is 165 Å². The highest BCUT2D eigenvalue weighted by atomic mass is 32.2. The van der Waals surface area contributed by atoms with Crippen molar-refractivity contribution in [3.63, 3.8) is 0 Å². The molecule has 148 valence electrons. The second-order valence-electron chi connectivity index (χ2n) is 6.42. The third kappa shape index (κ3) is 4.01. The number of hydrogen-bond donors (Lipinski definition) is 1. The summed E-state index contributed by atoms with van der Waals surface area (Å²) in [5, 5.41) is 5.95. The number of para-hydroxylation sites is 2. The summed E-state index contributed by atoms with van der Waals surface area (Å²) in [4.78, 5) is 12.2. The molecular formula is C20H23N3O4S. The van der Waals surface area contributed by atoms with Crippen molar-refractivity contribution in [2.75, 3.05) is 17.6 Å². The molecule has 2 aromatic rings. The summed E-state index contributed by atoms with van der Waals surface area (Å²) in [5.74, 6) is 0.449. The molecule has 0 unspecified atom stereocenters. The minimum Gasteiger partial charge on any atom is -0.496 e. The number of hydrazone groups is 1. The van der Waals surface area contributed by atoms with Gasteiger partial charge in [-0.1, -0.05) is 36.4 Å². The fourth-order valence-corrected chi connectivity index (χ4v) is 3.87. The molecule has 8 heteroatoms. The highest BCUT2D eigenvalue weighted by Gasteiger charge is 2.34. The van der Waals surface area contributed by atoms with Crippen LogP contribution < -0.4 is 9.46 Å². The van der Waals surface area contributed by atoms with Crippen LogP contribution in [-0.4, -0.2) is 37.9 Å². The van der Waals surface area contributed by atoms with Crippen molar-refractivity contribution < 1.29 is 17.9 Å². The van der Waals surface area contributed by atoms with Crippen LogP contribution in [0.25, 0.3) is 0 Å². The van der Waals surface area contributed by atoms with Crippen molar-refractivity contribution in [3.8, 4) is 5.75 Å². The van der Waals surface area contributed by atoms with Gasteiger partial charge in [0.15, 0.2) is 0 Å². The highest BCUT2D eigenvalue weighted by Crippen LogP contribution is 2.38. The zero-order chi connectivity index (χ0) is 20.3. The maximum Gasteiger partial charge on any atom is 0.240 e. The lowest BCUT2D eigenvalue weighted by atomic mass is 9.97. The molecule has 1 aliphatic rings. The number of rotatable bonds is 6. The van der Waals surface area contributed by atoms with Crippen LogP contribution in [0.4, 0.5) is 5.69 Å². The molecule has 0 bridgehead atoms. The Morgan fingerprint density at radius 2 is 1.89 bits per heavy atom. The summed E-state index contributed by atoms with van der Waals surface area (Å²) in [6.07, 6.45) is 0.449. The maximum absolute atomic E-state index is 12.2. The number of hydrogen-bond acceptors (Lipinski definition) is 5. The van der Waals surface area contributed by atoms with Crippen LogP contribution in [-0.2, 0) is 14.8 Å². The number of nitrogens with one attached hydrogen (secondary N) is 1. The van der Waals surface area contributed by atoms with Gasteiger partial charge in [-0.2, -0.15) is 5.10 Å². The van der Waals surface area contributed by atoms with Gasteiger partial charge in [-0.05, 0) is 19.1 Å². The van der Waals surface area contributed by atoms with E-state index in [4.69, 9.17) is 4.74 Å². The molecule has 0 aromatic heterocycles. The molecule has 1 N–H and O–H groups in total. The second-order valence-corrected chi connectivity index (χ2v) is 8.43. The van der Waals surface area contributed by atoms with Gasteiger partial charge in [-0.25, -0.2) is 13.4 Å². The van der Waals surface area contributed by atoms with Gasteiger partial charge < -0.3 is 4.74 Å². The van der Waals surface area contributed by atoms with Crippen LogP contribution in [0.3, 0.4) is 0 Å². The number of methoxy groups -OCH3 is 1. The Morgan fingerprint density at radius 3 is 2.57 bits per heavy atom. The smallest absolute Gasteiger partial charge is 0.240 e. The first-order chi connectivity index (χ1) is 13.4. The zero-order valence-corrected chi connectivity index (χ0v) is 16.9. The number of carbonyl (C=O) groups is 1. The summed E-state index contributed by atoms with van der Waals surface area (Å²) < 4.78 is 32.1. The first kappa shape index (κ1) is 19.9. The number of nitrogens with zero attached hydrogens (tertiary/aromatic N) is 2. The summed E-state index contributed by atoms with van der Waals surface area (Å²) in [7, 11) is -1.85. The Hall–Kier alpha value is -2.87. The molecule has 0 saturated carbocycles. The Kier molecular flexibility index (Phi) is 5.69. The summed E-state index contributed by atoms with van der Waals surface area (Å²) >= 11 is 0. The molecule has 1 amide bonds. The summed E-state index contributed by atoms with van der Waals surface area (Å²) in [6, 6.07) is 14.2. The van der Waals surface area contributed by atoms with Gasteiger partial charge in [0.25, 0.3) is 0 Å². The monoisotopic (exact) mass is 401 g/mol. The molecule has 0 aliphatic carbocycles. The van der Waals surface area contributed by atoms with Crippen LogP contribution in [0.15, 0.2) is 53.6 Å². The van der Waals surface area contributed by atoms with Gasteiger partial charge in [0, 0.05) is 24.5 Å². The van der Waals surface area contributed by atoms with Crippen LogP contribution >= 0.6 is 0 Å². The summed E-state index contributed by atoms with van der Waals surface area (Å²) in [6.45, 7) is 3.04. The third-order valence-corrected chi connectivity index (χ3v) is 5.91. The number of benzene rings is 2. The van der Waals surface area contributed by atoms with E-state index in [0.717, 1.165) is 5.56 Å². The molecule has 1 atom stereocenters. The Bertz CT molecular complexity index is 1020. The number of amides is 1. The third-order valence-electron chi connectivity index (χ3n) is 4.61. The number of sulfonamides is 1. The molecule has 3 rings (SSSR count). The standard InChI is InChI=1S/C20H23N3O4S/c1-4-28(25,26)22-17-11-7-5-9-15(17)18-13-19(23(21-18)14(2)24)16-10-6-8-12-20(16)27-3/h5-12,19,22H,4,13H2,1-3H3/t19-/m0/s1. The van der Waals surface area contributed by atoms with E-state index in [1.807, 2.05) is 30.3 Å². The molecule has 28 heavy (non-hydrogen) atoms. The lowest BCUT2D eigenvalue weighted by Gasteiger charge is -2.22.